The van der Waals surface area contributed by atoms with Gasteiger partial charge in [-0.1, -0.05) is 18.6 Å². The van der Waals surface area contributed by atoms with Crippen LogP contribution in [0.5, 0.6) is 5.75 Å². The van der Waals surface area contributed by atoms with E-state index in [9.17, 15) is 14.9 Å². The molecule has 0 bridgehead atoms. The zero-order valence-corrected chi connectivity index (χ0v) is 13.2. The molecule has 1 N–H and O–H groups in total. The molecule has 1 amide bonds. The maximum absolute atomic E-state index is 11.7. The number of nitro groups is 1. The van der Waals surface area contributed by atoms with Gasteiger partial charge >= 0.3 is 5.69 Å². The number of nitro benzene ring substituents is 1. The second kappa shape index (κ2) is 9.09. The topological polar surface area (TPSA) is 84.7 Å². The molecule has 0 spiro atoms. The van der Waals surface area contributed by atoms with Crippen LogP contribution in [0.3, 0.4) is 0 Å². The molecule has 1 aromatic rings. The summed E-state index contributed by atoms with van der Waals surface area (Å²) in [5, 5.41) is 13.6. The van der Waals surface area contributed by atoms with E-state index in [-0.39, 0.29) is 24.0 Å². The lowest BCUT2D eigenvalue weighted by atomic mass is 10.1. The Labute approximate surface area is 135 Å². The average molecular weight is 321 g/mol. The van der Waals surface area contributed by atoms with E-state index in [0.29, 0.717) is 6.54 Å². The van der Waals surface area contributed by atoms with Crippen molar-refractivity contribution in [2.45, 2.75) is 25.7 Å². The minimum atomic E-state index is -0.522. The maximum atomic E-state index is 11.7. The van der Waals surface area contributed by atoms with Gasteiger partial charge in [0, 0.05) is 12.6 Å². The van der Waals surface area contributed by atoms with Crippen LogP contribution in [0.2, 0.25) is 0 Å². The van der Waals surface area contributed by atoms with Gasteiger partial charge in [-0.2, -0.15) is 0 Å². The maximum Gasteiger partial charge on any atom is 0.310 e. The highest BCUT2D eigenvalue weighted by Crippen LogP contribution is 2.25. The number of nitrogens with zero attached hydrogens (tertiary/aromatic N) is 2. The van der Waals surface area contributed by atoms with E-state index in [4.69, 9.17) is 4.74 Å². The van der Waals surface area contributed by atoms with Crippen molar-refractivity contribution in [3.05, 3.63) is 34.4 Å². The minimum Gasteiger partial charge on any atom is -0.477 e. The van der Waals surface area contributed by atoms with Gasteiger partial charge in [0.15, 0.2) is 12.4 Å². The van der Waals surface area contributed by atoms with Crippen LogP contribution in [0.25, 0.3) is 0 Å². The monoisotopic (exact) mass is 321 g/mol. The predicted octanol–water partition coefficient (Wildman–Crippen LogP) is 1.97. The lowest BCUT2D eigenvalue weighted by Crippen LogP contribution is -2.34. The molecule has 0 atom stereocenters. The van der Waals surface area contributed by atoms with E-state index in [1.807, 2.05) is 0 Å². The Hall–Kier alpha value is -2.15. The molecule has 126 valence electrons. The number of piperidine rings is 1. The van der Waals surface area contributed by atoms with Crippen LogP contribution < -0.4 is 10.1 Å². The molecule has 0 aliphatic carbocycles. The summed E-state index contributed by atoms with van der Waals surface area (Å²) in [7, 11) is 0. The number of likely N-dealkylation sites (tertiary alicyclic amines) is 1. The highest BCUT2D eigenvalue weighted by Gasteiger charge is 2.15. The van der Waals surface area contributed by atoms with E-state index in [1.54, 1.807) is 12.1 Å². The molecule has 1 aliphatic rings. The largest absolute Gasteiger partial charge is 0.477 e. The quantitative estimate of drug-likeness (QED) is 0.449. The molecule has 0 radical (unpaired) electrons. The zero-order chi connectivity index (χ0) is 16.5. The smallest absolute Gasteiger partial charge is 0.310 e. The molecule has 1 fully saturated rings. The third-order valence-electron chi connectivity index (χ3n) is 3.84. The van der Waals surface area contributed by atoms with E-state index in [2.05, 4.69) is 10.2 Å². The predicted molar refractivity (Wildman–Crippen MR) is 86.5 cm³/mol. The molecule has 23 heavy (non-hydrogen) atoms. The molecule has 7 heteroatoms. The zero-order valence-electron chi connectivity index (χ0n) is 13.2. The van der Waals surface area contributed by atoms with E-state index < -0.39 is 4.92 Å². The first-order chi connectivity index (χ1) is 11.2. The first-order valence-corrected chi connectivity index (χ1v) is 8.02. The van der Waals surface area contributed by atoms with Gasteiger partial charge in [0.25, 0.3) is 5.91 Å². The summed E-state index contributed by atoms with van der Waals surface area (Å²) in [5.74, 6) is -0.150. The van der Waals surface area contributed by atoms with Gasteiger partial charge in [0.1, 0.15) is 0 Å². The van der Waals surface area contributed by atoms with E-state index >= 15 is 0 Å². The van der Waals surface area contributed by atoms with Gasteiger partial charge in [-0.3, -0.25) is 14.9 Å². The molecule has 1 saturated heterocycles. The second-order valence-electron chi connectivity index (χ2n) is 5.62. The van der Waals surface area contributed by atoms with Crippen molar-refractivity contribution >= 4 is 11.6 Å². The van der Waals surface area contributed by atoms with Crippen molar-refractivity contribution in [3.8, 4) is 5.75 Å². The lowest BCUT2D eigenvalue weighted by Gasteiger charge is -2.26. The van der Waals surface area contributed by atoms with Crippen LogP contribution in [0.1, 0.15) is 25.7 Å². The molecular formula is C16H23N3O4. The number of hydrogen-bond donors (Lipinski definition) is 1. The fourth-order valence-electron chi connectivity index (χ4n) is 2.64. The number of benzene rings is 1. The summed E-state index contributed by atoms with van der Waals surface area (Å²) < 4.78 is 5.24. The second-order valence-corrected chi connectivity index (χ2v) is 5.62. The first kappa shape index (κ1) is 17.2. The molecule has 2 rings (SSSR count). The van der Waals surface area contributed by atoms with Crippen molar-refractivity contribution in [1.82, 2.24) is 10.2 Å². The Morgan fingerprint density at radius 2 is 2.00 bits per heavy atom. The number of ether oxygens (including phenoxy) is 1. The van der Waals surface area contributed by atoms with Gasteiger partial charge in [0.2, 0.25) is 0 Å². The van der Waals surface area contributed by atoms with Crippen LogP contribution in [-0.4, -0.2) is 48.5 Å². The van der Waals surface area contributed by atoms with Gasteiger partial charge in [-0.05, 0) is 45.0 Å². The SMILES string of the molecule is O=C(COc1ccccc1[N+](=O)[O-])NCCCN1CCCCC1. The molecule has 0 unspecified atom stereocenters. The van der Waals surface area contributed by atoms with Crippen LogP contribution in [-0.2, 0) is 4.79 Å². The van der Waals surface area contributed by atoms with Crippen LogP contribution in [0.4, 0.5) is 5.69 Å². The number of nitrogens with one attached hydrogen (secondary N) is 1. The van der Waals surface area contributed by atoms with Crippen molar-refractivity contribution in [1.29, 1.82) is 0 Å². The molecule has 0 aromatic heterocycles. The minimum absolute atomic E-state index is 0.112. The fourth-order valence-corrected chi connectivity index (χ4v) is 2.64. The number of hydrogen-bond acceptors (Lipinski definition) is 5. The highest BCUT2D eigenvalue weighted by atomic mass is 16.6. The Morgan fingerprint density at radius 1 is 1.26 bits per heavy atom. The molecule has 7 nitrogen and oxygen atoms in total. The Bertz CT molecular complexity index is 530. The normalized spacial score (nSPS) is 15.1. The summed E-state index contributed by atoms with van der Waals surface area (Å²) in [6.07, 6.45) is 4.74. The fraction of sp³-hybridized carbons (Fsp3) is 0.562. The van der Waals surface area contributed by atoms with Crippen molar-refractivity contribution < 1.29 is 14.5 Å². The molecule has 1 aromatic carbocycles. The average Bonchev–Trinajstić information content (AvgIpc) is 2.58. The third kappa shape index (κ3) is 5.86. The summed E-state index contributed by atoms with van der Waals surface area (Å²) in [6.45, 7) is 3.67. The van der Waals surface area contributed by atoms with Crippen molar-refractivity contribution in [2.24, 2.45) is 0 Å². The third-order valence-corrected chi connectivity index (χ3v) is 3.84. The molecule has 1 heterocycles. The van der Waals surface area contributed by atoms with Crippen molar-refractivity contribution in [3.63, 3.8) is 0 Å². The number of amides is 1. The number of carbonyl (C=O) groups excluding carboxylic acids is 1. The number of rotatable bonds is 8. The van der Waals surface area contributed by atoms with E-state index in [0.717, 1.165) is 26.1 Å². The van der Waals surface area contributed by atoms with E-state index in [1.165, 1.54) is 31.4 Å². The molecule has 0 saturated carbocycles. The number of para-hydroxylation sites is 2. The van der Waals surface area contributed by atoms with Crippen LogP contribution in [0, 0.1) is 10.1 Å². The van der Waals surface area contributed by atoms with Gasteiger partial charge in [-0.25, -0.2) is 0 Å². The van der Waals surface area contributed by atoms with Crippen molar-refractivity contribution in [2.75, 3.05) is 32.8 Å². The van der Waals surface area contributed by atoms with Gasteiger partial charge in [0.05, 0.1) is 4.92 Å². The first-order valence-electron chi connectivity index (χ1n) is 8.02. The van der Waals surface area contributed by atoms with Crippen LogP contribution in [0.15, 0.2) is 24.3 Å². The Kier molecular flexibility index (Phi) is 6.80. The lowest BCUT2D eigenvalue weighted by molar-refractivity contribution is -0.385. The summed E-state index contributed by atoms with van der Waals surface area (Å²) in [4.78, 5) is 24.5. The Balaban J connectivity index is 1.64. The van der Waals surface area contributed by atoms with Gasteiger partial charge in [-0.15, -0.1) is 0 Å². The molecular weight excluding hydrogens is 298 g/mol. The Morgan fingerprint density at radius 3 is 2.74 bits per heavy atom. The summed E-state index contributed by atoms with van der Waals surface area (Å²) in [6, 6.07) is 6.04. The summed E-state index contributed by atoms with van der Waals surface area (Å²) in [5.41, 5.74) is -0.134. The molecule has 1 aliphatic heterocycles. The summed E-state index contributed by atoms with van der Waals surface area (Å²) >= 11 is 0. The van der Waals surface area contributed by atoms with Crippen LogP contribution >= 0.6 is 0 Å². The highest BCUT2D eigenvalue weighted by molar-refractivity contribution is 5.77. The number of carbonyl (C=O) groups is 1. The van der Waals surface area contributed by atoms with Gasteiger partial charge < -0.3 is 15.0 Å². The standard InChI is InChI=1S/C16H23N3O4/c20-16(17-9-6-12-18-10-4-1-5-11-18)13-23-15-8-3-2-7-14(15)19(21)22/h2-3,7-8H,1,4-6,9-13H2,(H,17,20).